The number of thioether (sulfide) groups is 1. The third-order valence-corrected chi connectivity index (χ3v) is 5.20. The van der Waals surface area contributed by atoms with Crippen LogP contribution in [-0.4, -0.2) is 32.2 Å². The van der Waals surface area contributed by atoms with E-state index in [9.17, 15) is 8.42 Å². The van der Waals surface area contributed by atoms with Crippen LogP contribution in [0.3, 0.4) is 0 Å². The van der Waals surface area contributed by atoms with E-state index >= 15 is 0 Å². The highest BCUT2D eigenvalue weighted by molar-refractivity contribution is 7.99. The molecule has 1 aliphatic rings. The van der Waals surface area contributed by atoms with Gasteiger partial charge in [-0.1, -0.05) is 6.07 Å². The molecule has 1 aromatic carbocycles. The summed E-state index contributed by atoms with van der Waals surface area (Å²) in [5.74, 6) is 2.28. The van der Waals surface area contributed by atoms with Crippen LogP contribution in [0.25, 0.3) is 0 Å². The molecule has 0 saturated carbocycles. The summed E-state index contributed by atoms with van der Waals surface area (Å²) in [7, 11) is -3.12. The third kappa shape index (κ3) is 3.16. The summed E-state index contributed by atoms with van der Waals surface area (Å²) in [5.41, 5.74) is 2.04. The molecule has 94 valence electrons. The minimum absolute atomic E-state index is 0.385. The van der Waals surface area contributed by atoms with Gasteiger partial charge >= 0.3 is 0 Å². The Labute approximate surface area is 107 Å². The van der Waals surface area contributed by atoms with Crippen LogP contribution in [0.4, 0.5) is 5.69 Å². The molecule has 5 heteroatoms. The van der Waals surface area contributed by atoms with Gasteiger partial charge < -0.3 is 5.32 Å². The maximum Gasteiger partial charge on any atom is 0.175 e. The van der Waals surface area contributed by atoms with Crippen molar-refractivity contribution >= 4 is 27.3 Å². The average Bonchev–Trinajstić information content (AvgIpc) is 2.72. The molecule has 0 aliphatic carbocycles. The van der Waals surface area contributed by atoms with Crippen molar-refractivity contribution in [3.63, 3.8) is 0 Å². The van der Waals surface area contributed by atoms with Gasteiger partial charge in [0.25, 0.3) is 0 Å². The lowest BCUT2D eigenvalue weighted by Crippen LogP contribution is -2.19. The zero-order chi connectivity index (χ0) is 12.5. The van der Waals surface area contributed by atoms with Crippen LogP contribution in [0.15, 0.2) is 23.1 Å². The molecule has 1 aliphatic heterocycles. The average molecular weight is 271 g/mol. The maximum atomic E-state index is 11.5. The largest absolute Gasteiger partial charge is 0.381 e. The van der Waals surface area contributed by atoms with Crippen LogP contribution in [0.1, 0.15) is 12.0 Å². The number of hydrogen-bond acceptors (Lipinski definition) is 4. The first-order valence-corrected chi connectivity index (χ1v) is 8.66. The highest BCUT2D eigenvalue weighted by atomic mass is 32.2. The van der Waals surface area contributed by atoms with Gasteiger partial charge in [-0.05, 0) is 36.8 Å². The van der Waals surface area contributed by atoms with Gasteiger partial charge in [-0.15, -0.1) is 0 Å². The van der Waals surface area contributed by atoms with Crippen LogP contribution < -0.4 is 5.32 Å². The quantitative estimate of drug-likeness (QED) is 0.916. The Bertz CT molecular complexity index is 505. The van der Waals surface area contributed by atoms with Crippen molar-refractivity contribution in [2.75, 3.05) is 23.1 Å². The molecule has 17 heavy (non-hydrogen) atoms. The summed E-state index contributed by atoms with van der Waals surface area (Å²) in [6.07, 6.45) is 2.39. The van der Waals surface area contributed by atoms with Gasteiger partial charge in [0.2, 0.25) is 0 Å². The Morgan fingerprint density at radius 1 is 1.41 bits per heavy atom. The van der Waals surface area contributed by atoms with Crippen molar-refractivity contribution < 1.29 is 8.42 Å². The summed E-state index contributed by atoms with van der Waals surface area (Å²) in [5, 5.41) is 3.44. The molecule has 0 radical (unpaired) electrons. The third-order valence-electron chi connectivity index (χ3n) is 2.93. The topological polar surface area (TPSA) is 46.2 Å². The Kier molecular flexibility index (Phi) is 3.68. The van der Waals surface area contributed by atoms with E-state index in [-0.39, 0.29) is 0 Å². The number of aryl methyl sites for hydroxylation is 1. The monoisotopic (exact) mass is 271 g/mol. The van der Waals surface area contributed by atoms with E-state index in [0.717, 1.165) is 23.4 Å². The van der Waals surface area contributed by atoms with Gasteiger partial charge in [-0.2, -0.15) is 11.8 Å². The lowest BCUT2D eigenvalue weighted by molar-refractivity contribution is 0.602. The Morgan fingerprint density at radius 3 is 2.76 bits per heavy atom. The molecule has 0 bridgehead atoms. The van der Waals surface area contributed by atoms with E-state index in [0.29, 0.717) is 10.9 Å². The zero-order valence-electron chi connectivity index (χ0n) is 10.1. The standard InChI is InChI=1S/C12H17NO2S2/c1-9-3-4-11(17(2,14)15)7-12(9)13-10-5-6-16-8-10/h3-4,7,10,13H,5-6,8H2,1-2H3. The fraction of sp³-hybridized carbons (Fsp3) is 0.500. The minimum atomic E-state index is -3.12. The normalized spacial score (nSPS) is 20.5. The molecule has 2 rings (SSSR count). The fourth-order valence-electron chi connectivity index (χ4n) is 1.86. The van der Waals surface area contributed by atoms with Crippen molar-refractivity contribution in [2.24, 2.45) is 0 Å². The Balaban J connectivity index is 2.26. The highest BCUT2D eigenvalue weighted by Gasteiger charge is 2.17. The number of sulfone groups is 1. The summed E-state index contributed by atoms with van der Waals surface area (Å²) >= 11 is 1.94. The van der Waals surface area contributed by atoms with Crippen LogP contribution in [0.5, 0.6) is 0 Å². The SMILES string of the molecule is Cc1ccc(S(C)(=O)=O)cc1NC1CCSC1. The number of anilines is 1. The van der Waals surface area contributed by atoms with Gasteiger partial charge in [0, 0.05) is 23.7 Å². The van der Waals surface area contributed by atoms with Crippen molar-refractivity contribution in [1.29, 1.82) is 0 Å². The molecule has 1 unspecified atom stereocenters. The fourth-order valence-corrected chi connectivity index (χ4v) is 3.66. The molecule has 1 N–H and O–H groups in total. The van der Waals surface area contributed by atoms with E-state index in [1.807, 2.05) is 24.8 Å². The van der Waals surface area contributed by atoms with E-state index < -0.39 is 9.84 Å². The van der Waals surface area contributed by atoms with Gasteiger partial charge in [0.1, 0.15) is 0 Å². The molecule has 3 nitrogen and oxygen atoms in total. The molecule has 1 atom stereocenters. The molecule has 0 aromatic heterocycles. The Morgan fingerprint density at radius 2 is 2.18 bits per heavy atom. The highest BCUT2D eigenvalue weighted by Crippen LogP contribution is 2.25. The predicted octanol–water partition coefficient (Wildman–Crippen LogP) is 2.32. The number of nitrogens with one attached hydrogen (secondary N) is 1. The molecular weight excluding hydrogens is 254 g/mol. The molecular formula is C12H17NO2S2. The zero-order valence-corrected chi connectivity index (χ0v) is 11.7. The number of benzene rings is 1. The van der Waals surface area contributed by atoms with Gasteiger partial charge in [0.05, 0.1) is 4.90 Å². The van der Waals surface area contributed by atoms with E-state index in [1.165, 1.54) is 12.0 Å². The minimum Gasteiger partial charge on any atom is -0.381 e. The summed E-state index contributed by atoms with van der Waals surface area (Å²) < 4.78 is 23.0. The van der Waals surface area contributed by atoms with Crippen molar-refractivity contribution in [3.8, 4) is 0 Å². The Hall–Kier alpha value is -0.680. The number of hydrogen-bond donors (Lipinski definition) is 1. The predicted molar refractivity (Wildman–Crippen MR) is 73.6 cm³/mol. The molecule has 1 heterocycles. The first-order chi connectivity index (χ1) is 7.97. The second kappa shape index (κ2) is 4.90. The van der Waals surface area contributed by atoms with E-state index in [2.05, 4.69) is 5.32 Å². The summed E-state index contributed by atoms with van der Waals surface area (Å²) in [6.45, 7) is 2.00. The van der Waals surface area contributed by atoms with Gasteiger partial charge in [0.15, 0.2) is 9.84 Å². The van der Waals surface area contributed by atoms with Crippen LogP contribution in [0.2, 0.25) is 0 Å². The van der Waals surface area contributed by atoms with Crippen LogP contribution in [0, 0.1) is 6.92 Å². The van der Waals surface area contributed by atoms with Gasteiger partial charge in [-0.3, -0.25) is 0 Å². The summed E-state index contributed by atoms with van der Waals surface area (Å²) in [4.78, 5) is 0.385. The first-order valence-electron chi connectivity index (χ1n) is 5.62. The lowest BCUT2D eigenvalue weighted by atomic mass is 10.1. The maximum absolute atomic E-state index is 11.5. The van der Waals surface area contributed by atoms with Crippen LogP contribution in [-0.2, 0) is 9.84 Å². The van der Waals surface area contributed by atoms with E-state index in [4.69, 9.17) is 0 Å². The molecule has 0 spiro atoms. The molecule has 1 fully saturated rings. The lowest BCUT2D eigenvalue weighted by Gasteiger charge is -2.16. The molecule has 1 saturated heterocycles. The smallest absolute Gasteiger partial charge is 0.175 e. The summed E-state index contributed by atoms with van der Waals surface area (Å²) in [6, 6.07) is 5.74. The van der Waals surface area contributed by atoms with Crippen molar-refractivity contribution in [2.45, 2.75) is 24.3 Å². The van der Waals surface area contributed by atoms with E-state index in [1.54, 1.807) is 12.1 Å². The van der Waals surface area contributed by atoms with Crippen molar-refractivity contribution in [3.05, 3.63) is 23.8 Å². The van der Waals surface area contributed by atoms with Crippen molar-refractivity contribution in [1.82, 2.24) is 0 Å². The second-order valence-electron chi connectivity index (χ2n) is 4.45. The molecule has 0 amide bonds. The number of rotatable bonds is 3. The molecule has 1 aromatic rings. The second-order valence-corrected chi connectivity index (χ2v) is 7.62. The first kappa shape index (κ1) is 12.8. The van der Waals surface area contributed by atoms with Crippen LogP contribution >= 0.6 is 11.8 Å². The van der Waals surface area contributed by atoms with Gasteiger partial charge in [-0.25, -0.2) is 8.42 Å².